The quantitative estimate of drug-likeness (QED) is 0.698. The minimum absolute atomic E-state index is 0.145. The molecular weight excluding hydrogens is 242 g/mol. The molecule has 1 aromatic rings. The lowest BCUT2D eigenvalue weighted by Crippen LogP contribution is -2.16. The number of hydrogen-bond donors (Lipinski definition) is 1. The van der Waals surface area contributed by atoms with Gasteiger partial charge in [-0.25, -0.2) is 0 Å². The Hall–Kier alpha value is -1.26. The summed E-state index contributed by atoms with van der Waals surface area (Å²) < 4.78 is 16.1. The highest BCUT2D eigenvalue weighted by Gasteiger charge is 2.07. The summed E-state index contributed by atoms with van der Waals surface area (Å²) in [6.07, 6.45) is 1.16. The summed E-state index contributed by atoms with van der Waals surface area (Å²) in [5.41, 5.74) is 1.19. The van der Waals surface area contributed by atoms with E-state index in [0.29, 0.717) is 0 Å². The summed E-state index contributed by atoms with van der Waals surface area (Å²) in [6, 6.07) is 6.04. The molecule has 108 valence electrons. The maximum Gasteiger partial charge on any atom is 0.161 e. The van der Waals surface area contributed by atoms with Crippen molar-refractivity contribution >= 4 is 0 Å². The normalized spacial score (nSPS) is 10.8. The molecule has 4 nitrogen and oxygen atoms in total. The molecule has 0 aliphatic rings. The molecule has 1 rings (SSSR count). The molecule has 0 fully saturated rings. The van der Waals surface area contributed by atoms with Gasteiger partial charge in [-0.3, -0.25) is 0 Å². The van der Waals surface area contributed by atoms with Crippen molar-refractivity contribution in [1.29, 1.82) is 0 Å². The molecule has 4 heteroatoms. The van der Waals surface area contributed by atoms with E-state index in [0.717, 1.165) is 37.6 Å². The van der Waals surface area contributed by atoms with Crippen LogP contribution in [0.3, 0.4) is 0 Å². The third kappa shape index (κ3) is 5.94. The van der Waals surface area contributed by atoms with E-state index in [-0.39, 0.29) is 6.10 Å². The topological polar surface area (TPSA) is 39.7 Å². The van der Waals surface area contributed by atoms with Gasteiger partial charge in [0.25, 0.3) is 0 Å². The van der Waals surface area contributed by atoms with Gasteiger partial charge >= 0.3 is 0 Å². The summed E-state index contributed by atoms with van der Waals surface area (Å²) >= 11 is 0. The van der Waals surface area contributed by atoms with Gasteiger partial charge in [0.05, 0.1) is 13.2 Å². The maximum absolute atomic E-state index is 5.69. The number of ether oxygens (including phenoxy) is 3. The van der Waals surface area contributed by atoms with Crippen molar-refractivity contribution in [1.82, 2.24) is 5.32 Å². The Bertz CT molecular complexity index is 366. The zero-order valence-electron chi connectivity index (χ0n) is 12.4. The largest absolute Gasteiger partial charge is 0.493 e. The Labute approximate surface area is 116 Å². The van der Waals surface area contributed by atoms with Crippen LogP contribution in [0, 0.1) is 0 Å². The third-order valence-corrected chi connectivity index (χ3v) is 2.62. The molecule has 0 spiro atoms. The number of methoxy groups -OCH3 is 2. The molecule has 0 saturated carbocycles. The van der Waals surface area contributed by atoms with E-state index >= 15 is 0 Å². The van der Waals surface area contributed by atoms with E-state index in [4.69, 9.17) is 14.2 Å². The van der Waals surface area contributed by atoms with Crippen LogP contribution in [0.2, 0.25) is 0 Å². The van der Waals surface area contributed by atoms with Crippen molar-refractivity contribution in [2.75, 3.05) is 27.4 Å². The Kier molecular flexibility index (Phi) is 7.30. The minimum atomic E-state index is 0.145. The predicted octanol–water partition coefficient (Wildman–Crippen LogP) is 2.61. The van der Waals surface area contributed by atoms with Gasteiger partial charge in [-0.15, -0.1) is 0 Å². The number of benzene rings is 1. The molecule has 0 bridgehead atoms. The van der Waals surface area contributed by atoms with Gasteiger partial charge in [0.15, 0.2) is 11.5 Å². The Morgan fingerprint density at radius 2 is 1.95 bits per heavy atom. The smallest absolute Gasteiger partial charge is 0.161 e. The standard InChI is InChI=1S/C15H25NO3/c1-12(2)19-14-7-6-13(10-15(14)18-4)11-16-8-5-9-17-3/h6-7,10,12,16H,5,8-9,11H2,1-4H3. The molecule has 0 aliphatic carbocycles. The van der Waals surface area contributed by atoms with Crippen LogP contribution in [0.4, 0.5) is 0 Å². The highest BCUT2D eigenvalue weighted by atomic mass is 16.5. The average molecular weight is 267 g/mol. The van der Waals surface area contributed by atoms with Crippen LogP contribution in [0.5, 0.6) is 11.5 Å². The summed E-state index contributed by atoms with van der Waals surface area (Å²) in [7, 11) is 3.39. The first kappa shape index (κ1) is 15.8. The zero-order valence-corrected chi connectivity index (χ0v) is 12.4. The number of nitrogens with one attached hydrogen (secondary N) is 1. The Morgan fingerprint density at radius 1 is 1.16 bits per heavy atom. The summed E-state index contributed by atoms with van der Waals surface area (Å²) in [5, 5.41) is 3.37. The van der Waals surface area contributed by atoms with Crippen LogP contribution in [0.25, 0.3) is 0 Å². The fourth-order valence-electron chi connectivity index (χ4n) is 1.75. The van der Waals surface area contributed by atoms with Gasteiger partial charge < -0.3 is 19.5 Å². The van der Waals surface area contributed by atoms with E-state index in [1.165, 1.54) is 5.56 Å². The molecule has 0 aromatic heterocycles. The van der Waals surface area contributed by atoms with Crippen molar-refractivity contribution in [2.24, 2.45) is 0 Å². The Balaban J connectivity index is 2.51. The van der Waals surface area contributed by atoms with E-state index < -0.39 is 0 Å². The van der Waals surface area contributed by atoms with Gasteiger partial charge in [-0.1, -0.05) is 6.07 Å². The number of hydrogen-bond acceptors (Lipinski definition) is 4. The van der Waals surface area contributed by atoms with Crippen molar-refractivity contribution in [3.8, 4) is 11.5 Å². The van der Waals surface area contributed by atoms with Gasteiger partial charge in [-0.05, 0) is 44.5 Å². The van der Waals surface area contributed by atoms with E-state index in [1.54, 1.807) is 14.2 Å². The first-order chi connectivity index (χ1) is 9.17. The highest BCUT2D eigenvalue weighted by Crippen LogP contribution is 2.28. The molecule has 0 heterocycles. The molecular formula is C15H25NO3. The Morgan fingerprint density at radius 3 is 2.58 bits per heavy atom. The van der Waals surface area contributed by atoms with Crippen LogP contribution in [0.1, 0.15) is 25.8 Å². The summed E-state index contributed by atoms with van der Waals surface area (Å²) in [4.78, 5) is 0. The lowest BCUT2D eigenvalue weighted by Gasteiger charge is -2.14. The fourth-order valence-corrected chi connectivity index (χ4v) is 1.75. The molecule has 19 heavy (non-hydrogen) atoms. The minimum Gasteiger partial charge on any atom is -0.493 e. The first-order valence-electron chi connectivity index (χ1n) is 6.70. The molecule has 0 unspecified atom stereocenters. The van der Waals surface area contributed by atoms with Crippen LogP contribution in [-0.2, 0) is 11.3 Å². The van der Waals surface area contributed by atoms with Crippen molar-refractivity contribution < 1.29 is 14.2 Å². The lowest BCUT2D eigenvalue weighted by molar-refractivity contribution is 0.194. The molecule has 0 saturated heterocycles. The molecule has 0 amide bonds. The second kappa shape index (κ2) is 8.77. The summed E-state index contributed by atoms with van der Waals surface area (Å²) in [6.45, 7) is 6.56. The van der Waals surface area contributed by atoms with Crippen LogP contribution in [0.15, 0.2) is 18.2 Å². The molecule has 0 atom stereocenters. The molecule has 0 radical (unpaired) electrons. The van der Waals surface area contributed by atoms with Gasteiger partial charge in [0, 0.05) is 20.3 Å². The lowest BCUT2D eigenvalue weighted by atomic mass is 10.2. The number of rotatable bonds is 9. The monoisotopic (exact) mass is 267 g/mol. The van der Waals surface area contributed by atoms with Gasteiger partial charge in [-0.2, -0.15) is 0 Å². The second-order valence-electron chi connectivity index (χ2n) is 4.67. The summed E-state index contributed by atoms with van der Waals surface area (Å²) in [5.74, 6) is 1.57. The first-order valence-corrected chi connectivity index (χ1v) is 6.70. The van der Waals surface area contributed by atoms with E-state index in [9.17, 15) is 0 Å². The SMILES string of the molecule is COCCCNCc1ccc(OC(C)C)c(OC)c1. The van der Waals surface area contributed by atoms with Gasteiger partial charge in [0.2, 0.25) is 0 Å². The van der Waals surface area contributed by atoms with Crippen molar-refractivity contribution in [2.45, 2.75) is 32.9 Å². The van der Waals surface area contributed by atoms with Crippen molar-refractivity contribution in [3.05, 3.63) is 23.8 Å². The molecule has 1 N–H and O–H groups in total. The van der Waals surface area contributed by atoms with Crippen molar-refractivity contribution in [3.63, 3.8) is 0 Å². The fraction of sp³-hybridized carbons (Fsp3) is 0.600. The third-order valence-electron chi connectivity index (χ3n) is 2.62. The molecule has 0 aliphatic heterocycles. The predicted molar refractivity (Wildman–Crippen MR) is 77.0 cm³/mol. The maximum atomic E-state index is 5.69. The van der Waals surface area contributed by atoms with Crippen LogP contribution in [-0.4, -0.2) is 33.5 Å². The van der Waals surface area contributed by atoms with E-state index in [2.05, 4.69) is 11.4 Å². The second-order valence-corrected chi connectivity index (χ2v) is 4.67. The zero-order chi connectivity index (χ0) is 14.1. The van der Waals surface area contributed by atoms with E-state index in [1.807, 2.05) is 26.0 Å². The van der Waals surface area contributed by atoms with Crippen LogP contribution >= 0.6 is 0 Å². The molecule has 1 aromatic carbocycles. The highest BCUT2D eigenvalue weighted by molar-refractivity contribution is 5.43. The van der Waals surface area contributed by atoms with Crippen LogP contribution < -0.4 is 14.8 Å². The van der Waals surface area contributed by atoms with Gasteiger partial charge in [0.1, 0.15) is 0 Å². The average Bonchev–Trinajstić information content (AvgIpc) is 2.39.